The standard InChI is InChI=1S/C19H17Cl2N3O/c20-16-7-3-1-5-14(16)18(13-22)23-9-11-24(12-10-23)19(25)15-6-2-4-8-17(15)21/h1-8,18H,9-12H2. The second-order valence-electron chi connectivity index (χ2n) is 5.86. The van der Waals surface area contributed by atoms with Crippen LogP contribution >= 0.6 is 23.2 Å². The van der Waals surface area contributed by atoms with Crippen LogP contribution in [-0.2, 0) is 0 Å². The number of benzene rings is 2. The Hall–Kier alpha value is -2.06. The van der Waals surface area contributed by atoms with E-state index in [1.54, 1.807) is 35.2 Å². The fourth-order valence-electron chi connectivity index (χ4n) is 3.03. The van der Waals surface area contributed by atoms with Crippen LogP contribution in [0.4, 0.5) is 0 Å². The summed E-state index contributed by atoms with van der Waals surface area (Å²) in [5, 5.41) is 10.6. The quantitative estimate of drug-likeness (QED) is 0.816. The van der Waals surface area contributed by atoms with Crippen molar-refractivity contribution in [2.24, 2.45) is 0 Å². The van der Waals surface area contributed by atoms with Gasteiger partial charge in [0.15, 0.2) is 0 Å². The van der Waals surface area contributed by atoms with Crippen molar-refractivity contribution in [1.82, 2.24) is 9.80 Å². The summed E-state index contributed by atoms with van der Waals surface area (Å²) in [5.74, 6) is -0.0727. The minimum absolute atomic E-state index is 0.0727. The molecule has 0 aliphatic carbocycles. The maximum absolute atomic E-state index is 12.6. The number of carbonyl (C=O) groups excluding carboxylic acids is 1. The van der Waals surface area contributed by atoms with Crippen LogP contribution in [0.25, 0.3) is 0 Å². The molecule has 0 radical (unpaired) electrons. The van der Waals surface area contributed by atoms with Crippen molar-refractivity contribution in [3.63, 3.8) is 0 Å². The van der Waals surface area contributed by atoms with Gasteiger partial charge in [-0.15, -0.1) is 0 Å². The van der Waals surface area contributed by atoms with E-state index in [9.17, 15) is 10.1 Å². The summed E-state index contributed by atoms with van der Waals surface area (Å²) in [6.45, 7) is 2.32. The first-order valence-electron chi connectivity index (χ1n) is 8.03. The maximum Gasteiger partial charge on any atom is 0.255 e. The molecule has 1 saturated heterocycles. The lowest BCUT2D eigenvalue weighted by Gasteiger charge is -2.37. The van der Waals surface area contributed by atoms with Gasteiger partial charge in [0.1, 0.15) is 6.04 Å². The molecular formula is C19H17Cl2N3O. The van der Waals surface area contributed by atoms with E-state index in [-0.39, 0.29) is 5.91 Å². The van der Waals surface area contributed by atoms with Crippen LogP contribution in [0.2, 0.25) is 10.0 Å². The molecule has 1 aliphatic heterocycles. The highest BCUT2D eigenvalue weighted by Crippen LogP contribution is 2.28. The van der Waals surface area contributed by atoms with Crippen LogP contribution < -0.4 is 0 Å². The van der Waals surface area contributed by atoms with Crippen molar-refractivity contribution in [2.75, 3.05) is 26.2 Å². The highest BCUT2D eigenvalue weighted by Gasteiger charge is 2.28. The average Bonchev–Trinajstić information content (AvgIpc) is 2.64. The topological polar surface area (TPSA) is 47.3 Å². The van der Waals surface area contributed by atoms with Crippen molar-refractivity contribution in [3.05, 3.63) is 69.7 Å². The molecule has 6 heteroatoms. The first-order chi connectivity index (χ1) is 12.1. The van der Waals surface area contributed by atoms with E-state index in [0.29, 0.717) is 41.8 Å². The van der Waals surface area contributed by atoms with Crippen molar-refractivity contribution in [3.8, 4) is 6.07 Å². The minimum atomic E-state index is -0.411. The van der Waals surface area contributed by atoms with Gasteiger partial charge in [-0.3, -0.25) is 9.69 Å². The van der Waals surface area contributed by atoms with Gasteiger partial charge in [0.2, 0.25) is 0 Å². The molecular weight excluding hydrogens is 357 g/mol. The summed E-state index contributed by atoms with van der Waals surface area (Å²) in [6.07, 6.45) is 0. The highest BCUT2D eigenvalue weighted by molar-refractivity contribution is 6.33. The van der Waals surface area contributed by atoms with Crippen LogP contribution in [0.5, 0.6) is 0 Å². The summed E-state index contributed by atoms with van der Waals surface area (Å²) in [5.41, 5.74) is 1.32. The van der Waals surface area contributed by atoms with E-state index in [1.807, 2.05) is 18.2 Å². The smallest absolute Gasteiger partial charge is 0.255 e. The Labute approximate surface area is 157 Å². The van der Waals surface area contributed by atoms with E-state index in [0.717, 1.165) is 5.56 Å². The van der Waals surface area contributed by atoms with Gasteiger partial charge in [0.05, 0.1) is 16.7 Å². The summed E-state index contributed by atoms with van der Waals surface area (Å²) < 4.78 is 0. The lowest BCUT2D eigenvalue weighted by molar-refractivity contribution is 0.0606. The fourth-order valence-corrected chi connectivity index (χ4v) is 3.49. The van der Waals surface area contributed by atoms with Crippen molar-refractivity contribution in [1.29, 1.82) is 5.26 Å². The number of piperazine rings is 1. The van der Waals surface area contributed by atoms with E-state index in [4.69, 9.17) is 23.2 Å². The molecule has 4 nitrogen and oxygen atoms in total. The SMILES string of the molecule is N#CC(c1ccccc1Cl)N1CCN(C(=O)c2ccccc2Cl)CC1. The van der Waals surface area contributed by atoms with E-state index < -0.39 is 6.04 Å². The zero-order valence-corrected chi connectivity index (χ0v) is 15.0. The average molecular weight is 374 g/mol. The second kappa shape index (κ2) is 7.88. The van der Waals surface area contributed by atoms with E-state index in [2.05, 4.69) is 11.0 Å². The molecule has 0 spiro atoms. The first-order valence-corrected chi connectivity index (χ1v) is 8.79. The Morgan fingerprint density at radius 1 is 0.960 bits per heavy atom. The van der Waals surface area contributed by atoms with Gasteiger partial charge in [0.25, 0.3) is 5.91 Å². The monoisotopic (exact) mass is 373 g/mol. The van der Waals surface area contributed by atoms with Crippen molar-refractivity contribution in [2.45, 2.75) is 6.04 Å². The number of amides is 1. The number of halogens is 2. The molecule has 1 atom stereocenters. The number of nitriles is 1. The van der Waals surface area contributed by atoms with Gasteiger partial charge in [-0.05, 0) is 18.2 Å². The number of nitrogens with zero attached hydrogens (tertiary/aromatic N) is 3. The molecule has 0 aromatic heterocycles. The molecule has 128 valence electrons. The lowest BCUT2D eigenvalue weighted by Crippen LogP contribution is -2.49. The molecule has 1 unspecified atom stereocenters. The molecule has 1 heterocycles. The number of carbonyl (C=O) groups is 1. The highest BCUT2D eigenvalue weighted by atomic mass is 35.5. The van der Waals surface area contributed by atoms with Crippen LogP contribution in [-0.4, -0.2) is 41.9 Å². The van der Waals surface area contributed by atoms with Crippen LogP contribution in [0.3, 0.4) is 0 Å². The Kier molecular flexibility index (Phi) is 5.60. The van der Waals surface area contributed by atoms with Crippen LogP contribution in [0, 0.1) is 11.3 Å². The number of hydrogen-bond acceptors (Lipinski definition) is 3. The van der Waals surface area contributed by atoms with Crippen LogP contribution in [0.15, 0.2) is 48.5 Å². The molecule has 2 aromatic carbocycles. The molecule has 1 aliphatic rings. The third kappa shape index (κ3) is 3.80. The first kappa shape index (κ1) is 17.8. The van der Waals surface area contributed by atoms with Gasteiger partial charge in [0, 0.05) is 36.8 Å². The van der Waals surface area contributed by atoms with Gasteiger partial charge in [-0.1, -0.05) is 53.5 Å². The third-order valence-electron chi connectivity index (χ3n) is 4.39. The summed E-state index contributed by atoms with van der Waals surface area (Å²) in [6, 6.07) is 16.4. The molecule has 0 bridgehead atoms. The largest absolute Gasteiger partial charge is 0.336 e. The lowest BCUT2D eigenvalue weighted by atomic mass is 10.1. The van der Waals surface area contributed by atoms with Gasteiger partial charge in [-0.2, -0.15) is 5.26 Å². The van der Waals surface area contributed by atoms with E-state index in [1.165, 1.54) is 0 Å². The molecule has 25 heavy (non-hydrogen) atoms. The minimum Gasteiger partial charge on any atom is -0.336 e. The van der Waals surface area contributed by atoms with Gasteiger partial charge >= 0.3 is 0 Å². The number of rotatable bonds is 3. The predicted octanol–water partition coefficient (Wildman–Crippen LogP) is 4.02. The normalized spacial score (nSPS) is 16.3. The fraction of sp³-hybridized carbons (Fsp3) is 0.263. The van der Waals surface area contributed by atoms with Crippen LogP contribution in [0.1, 0.15) is 22.0 Å². The Bertz CT molecular complexity index is 810. The summed E-state index contributed by atoms with van der Waals surface area (Å²) >= 11 is 12.4. The predicted molar refractivity (Wildman–Crippen MR) is 98.7 cm³/mol. The summed E-state index contributed by atoms with van der Waals surface area (Å²) in [7, 11) is 0. The van der Waals surface area contributed by atoms with Crippen molar-refractivity contribution >= 4 is 29.1 Å². The molecule has 1 amide bonds. The molecule has 2 aromatic rings. The Morgan fingerprint density at radius 2 is 1.56 bits per heavy atom. The molecule has 3 rings (SSSR count). The second-order valence-corrected chi connectivity index (χ2v) is 6.68. The van der Waals surface area contributed by atoms with E-state index >= 15 is 0 Å². The Balaban J connectivity index is 1.69. The van der Waals surface area contributed by atoms with Gasteiger partial charge in [-0.25, -0.2) is 0 Å². The van der Waals surface area contributed by atoms with Gasteiger partial charge < -0.3 is 4.90 Å². The maximum atomic E-state index is 12.6. The third-order valence-corrected chi connectivity index (χ3v) is 5.07. The molecule has 1 fully saturated rings. The van der Waals surface area contributed by atoms with Crippen molar-refractivity contribution < 1.29 is 4.79 Å². The molecule has 0 saturated carbocycles. The number of hydrogen-bond donors (Lipinski definition) is 0. The summed E-state index contributed by atoms with van der Waals surface area (Å²) in [4.78, 5) is 16.5. The Morgan fingerprint density at radius 3 is 2.16 bits per heavy atom. The zero-order chi connectivity index (χ0) is 17.8. The molecule has 0 N–H and O–H groups in total. The zero-order valence-electron chi connectivity index (χ0n) is 13.5.